The Hall–Kier alpha value is -5.93. The summed E-state index contributed by atoms with van der Waals surface area (Å²) in [7, 11) is 0. The van der Waals surface area contributed by atoms with Crippen molar-refractivity contribution < 1.29 is 0 Å². The molecule has 0 aliphatic heterocycles. The molecule has 0 N–H and O–H groups in total. The van der Waals surface area contributed by atoms with Gasteiger partial charge < -0.3 is 0 Å². The molecule has 3 nitrogen and oxygen atoms in total. The van der Waals surface area contributed by atoms with Crippen molar-refractivity contribution in [3.8, 4) is 67.0 Å². The average molecular weight is 691 g/mol. The Morgan fingerprint density at radius 3 is 1.61 bits per heavy atom. The zero-order valence-electron chi connectivity index (χ0n) is 26.5. The fourth-order valence-electron chi connectivity index (χ4n) is 7.00. The molecule has 0 saturated carbocycles. The van der Waals surface area contributed by atoms with Gasteiger partial charge in [0, 0.05) is 0 Å². The van der Waals surface area contributed by atoms with E-state index in [0.29, 0.717) is 0 Å². The van der Waals surface area contributed by atoms with Gasteiger partial charge >= 0.3 is 286 Å². The summed E-state index contributed by atoms with van der Waals surface area (Å²) in [6.07, 6.45) is 0. The number of hydrogen-bond donors (Lipinski definition) is 0. The second-order valence-electron chi connectivity index (χ2n) is 12.0. The maximum absolute atomic E-state index is 4.82. The van der Waals surface area contributed by atoms with Crippen LogP contribution in [-0.4, -0.2) is 29.9 Å². The van der Waals surface area contributed by atoms with E-state index in [1.807, 2.05) is 24.3 Å². The average Bonchev–Trinajstić information content (AvgIpc) is 3.57. The zero-order valence-corrected chi connectivity index (χ0v) is 28.2. The van der Waals surface area contributed by atoms with Crippen molar-refractivity contribution in [2.45, 2.75) is 0 Å². The third-order valence-corrected chi connectivity index (χ3v) is 11.6. The Morgan fingerprint density at radius 1 is 0.327 bits per heavy atom. The molecule has 0 aliphatic rings. The molecule has 2 aromatic heterocycles. The summed E-state index contributed by atoms with van der Waals surface area (Å²) in [5.74, 6) is 0. The molecule has 0 saturated heterocycles. The van der Waals surface area contributed by atoms with Gasteiger partial charge in [-0.1, -0.05) is 6.07 Å². The van der Waals surface area contributed by atoms with E-state index in [1.165, 1.54) is 47.1 Å². The zero-order chi connectivity index (χ0) is 32.6. The molecule has 0 aliphatic carbocycles. The molecule has 49 heavy (non-hydrogen) atoms. The van der Waals surface area contributed by atoms with E-state index in [2.05, 4.69) is 162 Å². The van der Waals surface area contributed by atoms with Gasteiger partial charge in [-0.15, -0.1) is 0 Å². The number of nitrogens with zero attached hydrogens (tertiary/aromatic N) is 3. The van der Waals surface area contributed by atoms with Crippen LogP contribution < -0.4 is 0 Å². The Labute approximate surface area is 290 Å². The number of aromatic nitrogens is 3. The number of rotatable bonds is 6. The van der Waals surface area contributed by atoms with Crippen LogP contribution in [0.1, 0.15) is 0 Å². The maximum atomic E-state index is 4.82. The number of hydrogen-bond acceptors (Lipinski definition) is 3. The molecule has 230 valence electrons. The molecule has 4 heteroatoms. The van der Waals surface area contributed by atoms with E-state index < -0.39 is 0 Å². The molecule has 7 aromatic carbocycles. The second kappa shape index (κ2) is 12.6. The molecular weight excluding hydrogens is 661 g/mol. The Morgan fingerprint density at radius 2 is 0.878 bits per heavy atom. The standard InChI is InChI=1S/C45H29N3Se/c1-4-16-30(17-5-1)33-22-10-12-24-35(33)42-36(28-29-40-43(42)38-26-14-15-27-39(38)49-40)34-23-11-13-25-37(34)45-41(31-18-6-2-7-19-31)44(46-48-47-45)32-20-8-3-9-21-32/h1-29H. The van der Waals surface area contributed by atoms with Crippen LogP contribution in [0.2, 0.25) is 0 Å². The van der Waals surface area contributed by atoms with E-state index in [9.17, 15) is 0 Å². The van der Waals surface area contributed by atoms with Crippen molar-refractivity contribution in [3.63, 3.8) is 0 Å². The number of benzene rings is 7. The van der Waals surface area contributed by atoms with Gasteiger partial charge in [0.15, 0.2) is 0 Å². The summed E-state index contributed by atoms with van der Waals surface area (Å²) >= 11 is 0.224. The minimum absolute atomic E-state index is 0.224. The van der Waals surface area contributed by atoms with Crippen LogP contribution in [-0.2, 0) is 0 Å². The first kappa shape index (κ1) is 29.2. The van der Waals surface area contributed by atoms with Gasteiger partial charge in [0.1, 0.15) is 0 Å². The Balaban J connectivity index is 1.38. The van der Waals surface area contributed by atoms with Crippen LogP contribution in [0.25, 0.3) is 86.3 Å². The minimum atomic E-state index is 0.224. The normalized spacial score (nSPS) is 11.3. The van der Waals surface area contributed by atoms with Crippen molar-refractivity contribution in [2.75, 3.05) is 0 Å². The van der Waals surface area contributed by atoms with E-state index in [1.54, 1.807) is 0 Å². The van der Waals surface area contributed by atoms with Crippen molar-refractivity contribution >= 4 is 33.8 Å². The van der Waals surface area contributed by atoms with Crippen molar-refractivity contribution in [1.82, 2.24) is 15.4 Å². The third kappa shape index (κ3) is 5.19. The predicted molar refractivity (Wildman–Crippen MR) is 204 cm³/mol. The van der Waals surface area contributed by atoms with E-state index in [0.717, 1.165) is 39.2 Å². The van der Waals surface area contributed by atoms with Crippen LogP contribution in [0, 0.1) is 0 Å². The summed E-state index contributed by atoms with van der Waals surface area (Å²) < 4.78 is 2.83. The third-order valence-electron chi connectivity index (χ3n) is 9.17. The first-order valence-electron chi connectivity index (χ1n) is 16.4. The fourth-order valence-corrected chi connectivity index (χ4v) is 9.34. The Bertz CT molecular complexity index is 2590. The molecule has 2 heterocycles. The second-order valence-corrected chi connectivity index (χ2v) is 14.3. The quantitative estimate of drug-likeness (QED) is 0.163. The van der Waals surface area contributed by atoms with E-state index in [-0.39, 0.29) is 14.5 Å². The number of fused-ring (bicyclic) bond motifs is 3. The van der Waals surface area contributed by atoms with Gasteiger partial charge in [-0.3, -0.25) is 0 Å². The van der Waals surface area contributed by atoms with E-state index in [4.69, 9.17) is 5.10 Å². The van der Waals surface area contributed by atoms with Gasteiger partial charge in [-0.05, 0) is 0 Å². The molecular formula is C45H29N3Se. The predicted octanol–water partition coefficient (Wildman–Crippen LogP) is 11.2. The molecule has 0 fully saturated rings. The SMILES string of the molecule is c1ccc(-c2ccccc2-c2c(-c3ccccc3-c3nnnc(-c4ccccc4)c3-c3ccccc3)ccc3[se]c4ccccc4c23)cc1. The summed E-state index contributed by atoms with van der Waals surface area (Å²) in [6, 6.07) is 62.5. The van der Waals surface area contributed by atoms with Gasteiger partial charge in [-0.25, -0.2) is 0 Å². The van der Waals surface area contributed by atoms with Crippen LogP contribution in [0.4, 0.5) is 0 Å². The fraction of sp³-hybridized carbons (Fsp3) is 0. The van der Waals surface area contributed by atoms with Gasteiger partial charge in [-0.2, -0.15) is 0 Å². The van der Waals surface area contributed by atoms with Gasteiger partial charge in [0.2, 0.25) is 0 Å². The molecule has 0 unspecified atom stereocenters. The Kier molecular flexibility index (Phi) is 7.51. The van der Waals surface area contributed by atoms with Crippen LogP contribution in [0.3, 0.4) is 0 Å². The van der Waals surface area contributed by atoms with Crippen LogP contribution in [0.5, 0.6) is 0 Å². The molecule has 9 rings (SSSR count). The van der Waals surface area contributed by atoms with Crippen LogP contribution >= 0.6 is 0 Å². The van der Waals surface area contributed by atoms with Crippen molar-refractivity contribution in [3.05, 3.63) is 176 Å². The first-order valence-corrected chi connectivity index (χ1v) is 18.1. The first-order chi connectivity index (χ1) is 24.3. The van der Waals surface area contributed by atoms with Crippen molar-refractivity contribution in [1.29, 1.82) is 0 Å². The van der Waals surface area contributed by atoms with Gasteiger partial charge in [0.25, 0.3) is 0 Å². The van der Waals surface area contributed by atoms with Gasteiger partial charge in [0.05, 0.1) is 0 Å². The molecule has 0 radical (unpaired) electrons. The summed E-state index contributed by atoms with van der Waals surface area (Å²) in [5.41, 5.74) is 12.8. The molecule has 0 bridgehead atoms. The molecule has 0 spiro atoms. The molecule has 9 aromatic rings. The topological polar surface area (TPSA) is 38.7 Å². The molecule has 0 atom stereocenters. The monoisotopic (exact) mass is 691 g/mol. The van der Waals surface area contributed by atoms with Crippen LogP contribution in [0.15, 0.2) is 176 Å². The van der Waals surface area contributed by atoms with Crippen molar-refractivity contribution in [2.24, 2.45) is 0 Å². The summed E-state index contributed by atoms with van der Waals surface area (Å²) in [4.78, 5) is 0. The van der Waals surface area contributed by atoms with E-state index >= 15 is 0 Å². The summed E-state index contributed by atoms with van der Waals surface area (Å²) in [5, 5.41) is 16.5. The summed E-state index contributed by atoms with van der Waals surface area (Å²) in [6.45, 7) is 0. The molecule has 0 amide bonds.